The number of aliphatic imine (C=N–C) groups is 1. The Morgan fingerprint density at radius 3 is 2.02 bits per heavy atom. The molecule has 222 valence electrons. The van der Waals surface area contributed by atoms with Crippen LogP contribution in [0.4, 0.5) is 17.5 Å². The molecule has 43 heavy (non-hydrogen) atoms. The van der Waals surface area contributed by atoms with E-state index in [1.165, 1.54) is 17.8 Å². The molecule has 0 aliphatic heterocycles. The highest BCUT2D eigenvalue weighted by Gasteiger charge is 2.19. The molecule has 0 saturated carbocycles. The number of rotatable bonds is 11. The molecule has 0 radical (unpaired) electrons. The number of amides is 2. The third-order valence-corrected chi connectivity index (χ3v) is 6.50. The van der Waals surface area contributed by atoms with Crippen LogP contribution in [0, 0.1) is 0 Å². The Morgan fingerprint density at radius 2 is 1.42 bits per heavy atom. The predicted octanol–water partition coefficient (Wildman–Crippen LogP) is 0.921. The predicted molar refractivity (Wildman–Crippen MR) is 165 cm³/mol. The van der Waals surface area contributed by atoms with Gasteiger partial charge >= 0.3 is 5.69 Å². The summed E-state index contributed by atoms with van der Waals surface area (Å²) < 4.78 is 0.993. The average Bonchev–Trinajstić information content (AvgIpc) is 2.97. The second kappa shape index (κ2) is 13.7. The molecule has 2 amide bonds. The van der Waals surface area contributed by atoms with Crippen LogP contribution in [-0.2, 0) is 17.6 Å². The number of benzene rings is 2. The topological polar surface area (TPSA) is 249 Å². The number of hydrogen-bond acceptors (Lipinski definition) is 10. The molecule has 14 nitrogen and oxygen atoms in total. The van der Waals surface area contributed by atoms with Crippen molar-refractivity contribution in [2.45, 2.75) is 32.1 Å². The van der Waals surface area contributed by atoms with Gasteiger partial charge in [-0.15, -0.1) is 0 Å². The van der Waals surface area contributed by atoms with Crippen molar-refractivity contribution >= 4 is 35.2 Å². The summed E-state index contributed by atoms with van der Waals surface area (Å²) in [4.78, 5) is 51.7. The summed E-state index contributed by atoms with van der Waals surface area (Å²) in [6.45, 7) is 0.396. The van der Waals surface area contributed by atoms with Gasteiger partial charge in [0.25, 0.3) is 5.91 Å². The molecule has 2 heterocycles. The normalized spacial score (nSPS) is 11.3. The van der Waals surface area contributed by atoms with E-state index in [1.807, 2.05) is 24.3 Å². The lowest BCUT2D eigenvalue weighted by molar-refractivity contribution is -0.117. The van der Waals surface area contributed by atoms with Gasteiger partial charge < -0.3 is 28.7 Å². The molecule has 4 aromatic rings. The summed E-state index contributed by atoms with van der Waals surface area (Å²) in [5.41, 5.74) is 31.8. The molecular formula is C29H33N11O3. The number of carbonyl (C=O) groups is 2. The zero-order chi connectivity index (χ0) is 30.9. The van der Waals surface area contributed by atoms with Crippen molar-refractivity contribution < 1.29 is 9.59 Å². The lowest BCUT2D eigenvalue weighted by Crippen LogP contribution is -2.38. The molecule has 0 atom stereocenters. The Hall–Kier alpha value is -5.79. The molecule has 0 saturated heterocycles. The zero-order valence-electron chi connectivity index (χ0n) is 23.4. The van der Waals surface area contributed by atoms with E-state index in [-0.39, 0.29) is 40.8 Å². The first kappa shape index (κ1) is 30.2. The number of guanidine groups is 1. The monoisotopic (exact) mass is 583 g/mol. The van der Waals surface area contributed by atoms with Crippen LogP contribution in [0.3, 0.4) is 0 Å². The number of nitrogens with zero attached hydrogens (tertiary/aromatic N) is 5. The third kappa shape index (κ3) is 8.13. The molecule has 2 aromatic heterocycles. The third-order valence-electron chi connectivity index (χ3n) is 6.50. The van der Waals surface area contributed by atoms with Gasteiger partial charge in [0.2, 0.25) is 5.91 Å². The van der Waals surface area contributed by atoms with E-state index in [0.29, 0.717) is 19.4 Å². The van der Waals surface area contributed by atoms with Gasteiger partial charge in [-0.05, 0) is 54.0 Å². The Bertz CT molecular complexity index is 1700. The SMILES string of the molecule is NC(=O)CCc1ccc(-c2ccc(CCCCN=C(N)NC(=O)c3nc(-n4ccc(N)nc4=O)c(N)nc3N)cc2)cc1. The summed E-state index contributed by atoms with van der Waals surface area (Å²) in [6, 6.07) is 17.8. The van der Waals surface area contributed by atoms with Crippen LogP contribution in [0.25, 0.3) is 16.9 Å². The van der Waals surface area contributed by atoms with Crippen LogP contribution in [-0.4, -0.2) is 43.8 Å². The van der Waals surface area contributed by atoms with E-state index in [2.05, 4.69) is 49.5 Å². The van der Waals surface area contributed by atoms with E-state index in [1.54, 1.807) is 0 Å². The standard InChI is InChI=1S/C29H33N11O3/c30-21-14-16-40(29(43)36-21)26-25(33)38-24(32)23(37-26)27(42)39-28(34)35-15-2-1-3-17-4-9-19(10-5-17)20-11-6-18(7-12-20)8-13-22(31)41/h4-7,9-12,14,16H,1-3,8,13,15H2,(H2,31,41)(H2,30,36,43)(H4,32,33,38)(H3,34,35,39,42). The maximum Gasteiger partial charge on any atom is 0.355 e. The van der Waals surface area contributed by atoms with Gasteiger partial charge in [0.05, 0.1) is 0 Å². The number of nitrogens with two attached hydrogens (primary N) is 5. The van der Waals surface area contributed by atoms with Gasteiger partial charge in [0, 0.05) is 19.2 Å². The number of aromatic nitrogens is 4. The zero-order valence-corrected chi connectivity index (χ0v) is 23.4. The summed E-state index contributed by atoms with van der Waals surface area (Å²) in [5.74, 6) is -1.71. The Balaban J connectivity index is 1.27. The first-order valence-corrected chi connectivity index (χ1v) is 13.5. The summed E-state index contributed by atoms with van der Waals surface area (Å²) in [5, 5.41) is 2.43. The smallest absolute Gasteiger partial charge is 0.355 e. The first-order chi connectivity index (χ1) is 20.6. The van der Waals surface area contributed by atoms with Crippen molar-refractivity contribution in [2.75, 3.05) is 23.7 Å². The lowest BCUT2D eigenvalue weighted by Gasteiger charge is -2.11. The fraction of sp³-hybridized carbons (Fsp3) is 0.207. The Kier molecular flexibility index (Phi) is 9.62. The van der Waals surface area contributed by atoms with Crippen molar-refractivity contribution in [3.63, 3.8) is 0 Å². The average molecular weight is 584 g/mol. The van der Waals surface area contributed by atoms with Crippen LogP contribution >= 0.6 is 0 Å². The van der Waals surface area contributed by atoms with Crippen molar-refractivity contribution in [3.8, 4) is 16.9 Å². The number of nitrogen functional groups attached to an aromatic ring is 3. The number of nitrogens with one attached hydrogen (secondary N) is 1. The molecule has 14 heteroatoms. The quantitative estimate of drug-likeness (QED) is 0.0827. The minimum absolute atomic E-state index is 0.0149. The summed E-state index contributed by atoms with van der Waals surface area (Å²) >= 11 is 0. The van der Waals surface area contributed by atoms with Crippen LogP contribution in [0.1, 0.15) is 40.9 Å². The number of aryl methyl sites for hydroxylation is 2. The lowest BCUT2D eigenvalue weighted by atomic mass is 9.99. The molecule has 0 unspecified atom stereocenters. The molecule has 0 fully saturated rings. The number of hydrogen-bond donors (Lipinski definition) is 6. The Morgan fingerprint density at radius 1 is 0.791 bits per heavy atom. The number of carbonyl (C=O) groups excluding carboxylic acids is 2. The number of anilines is 3. The van der Waals surface area contributed by atoms with Gasteiger partial charge in [-0.3, -0.25) is 19.9 Å². The van der Waals surface area contributed by atoms with Crippen molar-refractivity contribution in [2.24, 2.45) is 16.5 Å². The molecule has 0 aliphatic carbocycles. The van der Waals surface area contributed by atoms with Crippen LogP contribution in [0.2, 0.25) is 0 Å². The van der Waals surface area contributed by atoms with E-state index in [9.17, 15) is 14.4 Å². The molecule has 0 aliphatic rings. The number of unbranched alkanes of at least 4 members (excludes halogenated alkanes) is 1. The van der Waals surface area contributed by atoms with E-state index in [4.69, 9.17) is 28.7 Å². The van der Waals surface area contributed by atoms with Gasteiger partial charge in [-0.2, -0.15) is 4.98 Å². The van der Waals surface area contributed by atoms with Crippen molar-refractivity contribution in [3.05, 3.63) is 88.1 Å². The summed E-state index contributed by atoms with van der Waals surface area (Å²) in [7, 11) is 0. The second-order valence-corrected chi connectivity index (χ2v) is 9.71. The maximum absolute atomic E-state index is 12.7. The highest BCUT2D eigenvalue weighted by molar-refractivity contribution is 6.06. The Labute approximate surface area is 247 Å². The molecule has 0 bridgehead atoms. The van der Waals surface area contributed by atoms with Crippen LogP contribution < -0.4 is 39.7 Å². The van der Waals surface area contributed by atoms with Gasteiger partial charge in [-0.1, -0.05) is 48.5 Å². The first-order valence-electron chi connectivity index (χ1n) is 13.5. The van der Waals surface area contributed by atoms with Crippen molar-refractivity contribution in [1.29, 1.82) is 0 Å². The number of primary amides is 1. The van der Waals surface area contributed by atoms with Crippen LogP contribution in [0.15, 0.2) is 70.6 Å². The van der Waals surface area contributed by atoms with E-state index < -0.39 is 11.6 Å². The molecule has 0 spiro atoms. The largest absolute Gasteiger partial charge is 0.383 e. The second-order valence-electron chi connectivity index (χ2n) is 9.71. The van der Waals surface area contributed by atoms with E-state index >= 15 is 0 Å². The fourth-order valence-electron chi connectivity index (χ4n) is 4.23. The summed E-state index contributed by atoms with van der Waals surface area (Å²) in [6.07, 6.45) is 4.74. The highest BCUT2D eigenvalue weighted by atomic mass is 16.2. The van der Waals surface area contributed by atoms with Gasteiger partial charge in [-0.25, -0.2) is 19.3 Å². The van der Waals surface area contributed by atoms with Crippen LogP contribution in [0.5, 0.6) is 0 Å². The van der Waals surface area contributed by atoms with E-state index in [0.717, 1.165) is 40.5 Å². The minimum atomic E-state index is -0.760. The molecule has 4 rings (SSSR count). The van der Waals surface area contributed by atoms with Crippen molar-refractivity contribution in [1.82, 2.24) is 24.8 Å². The molecule has 2 aromatic carbocycles. The minimum Gasteiger partial charge on any atom is -0.383 e. The maximum atomic E-state index is 12.7. The fourth-order valence-corrected chi connectivity index (χ4v) is 4.23. The highest BCUT2D eigenvalue weighted by Crippen LogP contribution is 2.21. The molecular weight excluding hydrogens is 550 g/mol. The van der Waals surface area contributed by atoms with Gasteiger partial charge in [0.1, 0.15) is 5.82 Å². The van der Waals surface area contributed by atoms with Gasteiger partial charge in [0.15, 0.2) is 29.1 Å². The molecule has 11 N–H and O–H groups in total.